The van der Waals surface area contributed by atoms with E-state index in [-0.39, 0.29) is 24.3 Å². The van der Waals surface area contributed by atoms with Crippen molar-refractivity contribution in [2.45, 2.75) is 38.3 Å². The van der Waals surface area contributed by atoms with Crippen molar-refractivity contribution in [3.63, 3.8) is 0 Å². The van der Waals surface area contributed by atoms with Gasteiger partial charge in [-0.25, -0.2) is 4.39 Å². The van der Waals surface area contributed by atoms with Gasteiger partial charge in [0.15, 0.2) is 0 Å². The second kappa shape index (κ2) is 7.19. The number of likely N-dealkylation sites (N-methyl/N-ethyl adjacent to an activating group) is 1. The van der Waals surface area contributed by atoms with Gasteiger partial charge in [-0.15, -0.1) is 0 Å². The molecule has 1 amide bonds. The quantitative estimate of drug-likeness (QED) is 0.928. The molecule has 0 aromatic heterocycles. The first-order valence-electron chi connectivity index (χ1n) is 7.28. The van der Waals surface area contributed by atoms with E-state index in [1.807, 2.05) is 6.07 Å². The van der Waals surface area contributed by atoms with Crippen LogP contribution in [0.25, 0.3) is 0 Å². The molecule has 1 aliphatic heterocycles. The second-order valence-corrected chi connectivity index (χ2v) is 5.47. The van der Waals surface area contributed by atoms with Crippen molar-refractivity contribution >= 4 is 5.91 Å². The summed E-state index contributed by atoms with van der Waals surface area (Å²) in [5.41, 5.74) is 0.776. The molecule has 0 aliphatic carbocycles. The summed E-state index contributed by atoms with van der Waals surface area (Å²) in [5.74, 6) is -0.402. The summed E-state index contributed by atoms with van der Waals surface area (Å²) in [6.07, 6.45) is 4.09. The lowest BCUT2D eigenvalue weighted by atomic mass is 10.1. The summed E-state index contributed by atoms with van der Waals surface area (Å²) in [7, 11) is 1.67. The summed E-state index contributed by atoms with van der Waals surface area (Å²) in [5, 5.41) is 12.1. The zero-order chi connectivity index (χ0) is 15.2. The molecule has 1 heterocycles. The number of carbonyl (C=O) groups is 1. The molecule has 5 heteroatoms. The van der Waals surface area contributed by atoms with E-state index in [0.717, 1.165) is 32.2 Å². The normalized spacial score (nSPS) is 18.6. The molecule has 0 saturated carbocycles. The van der Waals surface area contributed by atoms with E-state index in [2.05, 4.69) is 5.32 Å². The predicted molar refractivity (Wildman–Crippen MR) is 77.8 cm³/mol. The molecule has 1 aromatic rings. The van der Waals surface area contributed by atoms with Gasteiger partial charge in [-0.2, -0.15) is 5.26 Å². The van der Waals surface area contributed by atoms with E-state index in [4.69, 9.17) is 5.26 Å². The Morgan fingerprint density at radius 2 is 2.29 bits per heavy atom. The first kappa shape index (κ1) is 15.5. The average molecular weight is 289 g/mol. The van der Waals surface area contributed by atoms with Crippen LogP contribution in [-0.2, 0) is 11.3 Å². The Balaban J connectivity index is 2.04. The molecule has 1 atom stereocenters. The van der Waals surface area contributed by atoms with Gasteiger partial charge in [-0.1, -0.05) is 12.8 Å². The van der Waals surface area contributed by atoms with Crippen molar-refractivity contribution in [3.05, 3.63) is 35.1 Å². The van der Waals surface area contributed by atoms with Crippen LogP contribution >= 0.6 is 0 Å². The average Bonchev–Trinajstić information content (AvgIpc) is 2.77. The molecule has 112 valence electrons. The molecule has 21 heavy (non-hydrogen) atoms. The Kier molecular flexibility index (Phi) is 5.29. The van der Waals surface area contributed by atoms with Crippen LogP contribution in [0, 0.1) is 17.1 Å². The molecular weight excluding hydrogens is 269 g/mol. The standard InChI is InChI=1S/C16H20FN3O/c1-20(16(21)15-5-3-2-4-8-19-15)11-13-9-12(10-18)6-7-14(13)17/h6-7,9,15,19H,2-5,8,11H2,1H3. The second-order valence-electron chi connectivity index (χ2n) is 5.47. The van der Waals surface area contributed by atoms with Crippen LogP contribution in [0.15, 0.2) is 18.2 Å². The third-order valence-corrected chi connectivity index (χ3v) is 3.82. The molecule has 1 N–H and O–H groups in total. The van der Waals surface area contributed by atoms with Gasteiger partial charge in [0.25, 0.3) is 0 Å². The monoisotopic (exact) mass is 289 g/mol. The number of halogens is 1. The van der Waals surface area contributed by atoms with Crippen molar-refractivity contribution in [1.82, 2.24) is 10.2 Å². The lowest BCUT2D eigenvalue weighted by Gasteiger charge is -2.23. The summed E-state index contributed by atoms with van der Waals surface area (Å²) < 4.78 is 13.8. The number of benzene rings is 1. The van der Waals surface area contributed by atoms with Crippen molar-refractivity contribution in [2.75, 3.05) is 13.6 Å². The highest BCUT2D eigenvalue weighted by Crippen LogP contribution is 2.15. The molecule has 1 fully saturated rings. The summed E-state index contributed by atoms with van der Waals surface area (Å²) >= 11 is 0. The van der Waals surface area contributed by atoms with Crippen LogP contribution in [0.3, 0.4) is 0 Å². The van der Waals surface area contributed by atoms with E-state index in [1.54, 1.807) is 7.05 Å². The molecule has 1 aromatic carbocycles. The number of nitrogens with zero attached hydrogens (tertiary/aromatic N) is 2. The van der Waals surface area contributed by atoms with Crippen molar-refractivity contribution < 1.29 is 9.18 Å². The van der Waals surface area contributed by atoms with Gasteiger partial charge in [-0.3, -0.25) is 4.79 Å². The Bertz CT molecular complexity index is 545. The highest BCUT2D eigenvalue weighted by molar-refractivity contribution is 5.81. The maximum atomic E-state index is 13.8. The highest BCUT2D eigenvalue weighted by atomic mass is 19.1. The first-order chi connectivity index (χ1) is 10.1. The zero-order valence-corrected chi connectivity index (χ0v) is 12.2. The molecular formula is C16H20FN3O. The summed E-state index contributed by atoms with van der Waals surface area (Å²) in [4.78, 5) is 13.9. The van der Waals surface area contributed by atoms with Gasteiger partial charge in [0, 0.05) is 19.2 Å². The first-order valence-corrected chi connectivity index (χ1v) is 7.28. The molecule has 2 rings (SSSR count). The predicted octanol–water partition coefficient (Wildman–Crippen LogP) is 2.19. The van der Waals surface area contributed by atoms with Gasteiger partial charge < -0.3 is 10.2 Å². The third-order valence-electron chi connectivity index (χ3n) is 3.82. The molecule has 1 unspecified atom stereocenters. The number of hydrogen-bond donors (Lipinski definition) is 1. The molecule has 0 spiro atoms. The lowest BCUT2D eigenvalue weighted by molar-refractivity contribution is -0.132. The van der Waals surface area contributed by atoms with Crippen LogP contribution < -0.4 is 5.32 Å². The van der Waals surface area contributed by atoms with Crippen LogP contribution in [0.4, 0.5) is 4.39 Å². The molecule has 0 bridgehead atoms. The minimum Gasteiger partial charge on any atom is -0.340 e. The van der Waals surface area contributed by atoms with Crippen LogP contribution in [0.1, 0.15) is 36.8 Å². The Labute approximate surface area is 124 Å². The smallest absolute Gasteiger partial charge is 0.239 e. The van der Waals surface area contributed by atoms with Crippen LogP contribution in [0.2, 0.25) is 0 Å². The van der Waals surface area contributed by atoms with Gasteiger partial charge in [0.1, 0.15) is 5.82 Å². The number of rotatable bonds is 3. The largest absolute Gasteiger partial charge is 0.340 e. The maximum Gasteiger partial charge on any atom is 0.239 e. The molecule has 1 aliphatic rings. The summed E-state index contributed by atoms with van der Waals surface area (Å²) in [6, 6.07) is 6.02. The fourth-order valence-corrected chi connectivity index (χ4v) is 2.60. The van der Waals surface area contributed by atoms with Gasteiger partial charge in [-0.05, 0) is 37.6 Å². The third kappa shape index (κ3) is 4.02. The van der Waals surface area contributed by atoms with E-state index in [0.29, 0.717) is 11.1 Å². The number of carbonyl (C=O) groups excluding carboxylic acids is 1. The van der Waals surface area contributed by atoms with Gasteiger partial charge in [0.05, 0.1) is 17.7 Å². The Morgan fingerprint density at radius 1 is 1.48 bits per heavy atom. The van der Waals surface area contributed by atoms with Crippen molar-refractivity contribution in [2.24, 2.45) is 0 Å². The van der Waals surface area contributed by atoms with Gasteiger partial charge >= 0.3 is 0 Å². The van der Waals surface area contributed by atoms with E-state index < -0.39 is 0 Å². The maximum absolute atomic E-state index is 13.8. The topological polar surface area (TPSA) is 56.1 Å². The number of nitriles is 1. The summed E-state index contributed by atoms with van der Waals surface area (Å²) in [6.45, 7) is 1.03. The fourth-order valence-electron chi connectivity index (χ4n) is 2.60. The Morgan fingerprint density at radius 3 is 3.05 bits per heavy atom. The molecule has 4 nitrogen and oxygen atoms in total. The van der Waals surface area contributed by atoms with Crippen molar-refractivity contribution in [3.8, 4) is 6.07 Å². The van der Waals surface area contributed by atoms with Crippen molar-refractivity contribution in [1.29, 1.82) is 5.26 Å². The fraction of sp³-hybridized carbons (Fsp3) is 0.500. The van der Waals surface area contributed by atoms with E-state index in [1.165, 1.54) is 23.1 Å². The van der Waals surface area contributed by atoms with E-state index in [9.17, 15) is 9.18 Å². The number of nitrogens with one attached hydrogen (secondary N) is 1. The minimum atomic E-state index is -0.387. The lowest BCUT2D eigenvalue weighted by Crippen LogP contribution is -2.44. The SMILES string of the molecule is CN(Cc1cc(C#N)ccc1F)C(=O)C1CCCCCN1. The minimum absolute atomic E-state index is 0.0151. The van der Waals surface area contributed by atoms with Crippen LogP contribution in [-0.4, -0.2) is 30.4 Å². The highest BCUT2D eigenvalue weighted by Gasteiger charge is 2.23. The van der Waals surface area contributed by atoms with E-state index >= 15 is 0 Å². The zero-order valence-electron chi connectivity index (χ0n) is 12.2. The number of hydrogen-bond acceptors (Lipinski definition) is 3. The number of amides is 1. The Hall–Kier alpha value is -1.93. The van der Waals surface area contributed by atoms with Gasteiger partial charge in [0.2, 0.25) is 5.91 Å². The molecule has 1 saturated heterocycles. The molecule has 0 radical (unpaired) electrons. The van der Waals surface area contributed by atoms with Crippen LogP contribution in [0.5, 0.6) is 0 Å².